The van der Waals surface area contributed by atoms with Gasteiger partial charge in [-0.25, -0.2) is 4.98 Å². The van der Waals surface area contributed by atoms with E-state index >= 15 is 0 Å². The standard InChI is InChI=1S/C14H15N5/c15-8-11-1-2-13(12(7-11)9-16)19-6-5-18-4-3-17-14(18)10-19/h1-4,7H,5-6,8,10,15H2. The number of hydrogen-bond acceptors (Lipinski definition) is 4. The maximum Gasteiger partial charge on any atom is 0.128 e. The molecule has 0 unspecified atom stereocenters. The first-order chi connectivity index (χ1) is 9.31. The van der Waals surface area contributed by atoms with Gasteiger partial charge in [-0.05, 0) is 17.7 Å². The number of fused-ring (bicyclic) bond motifs is 1. The Bertz CT molecular complexity index is 638. The molecule has 1 aromatic carbocycles. The summed E-state index contributed by atoms with van der Waals surface area (Å²) in [5.41, 5.74) is 8.25. The largest absolute Gasteiger partial charge is 0.361 e. The second kappa shape index (κ2) is 4.75. The Labute approximate surface area is 111 Å². The Balaban J connectivity index is 1.94. The minimum atomic E-state index is 0.458. The molecule has 0 bridgehead atoms. The number of rotatable bonds is 2. The lowest BCUT2D eigenvalue weighted by atomic mass is 10.1. The van der Waals surface area contributed by atoms with Crippen LogP contribution in [0.25, 0.3) is 0 Å². The number of nitrogens with two attached hydrogens (primary N) is 1. The topological polar surface area (TPSA) is 70.9 Å². The van der Waals surface area contributed by atoms with Gasteiger partial charge in [0, 0.05) is 32.0 Å². The molecule has 2 heterocycles. The maximum atomic E-state index is 9.29. The van der Waals surface area contributed by atoms with Gasteiger partial charge in [-0.2, -0.15) is 5.26 Å². The molecule has 2 aromatic rings. The first-order valence-electron chi connectivity index (χ1n) is 6.30. The highest BCUT2D eigenvalue weighted by Gasteiger charge is 2.19. The van der Waals surface area contributed by atoms with Crippen molar-refractivity contribution in [2.75, 3.05) is 11.4 Å². The second-order valence-electron chi connectivity index (χ2n) is 4.63. The predicted octanol–water partition coefficient (Wildman–Crippen LogP) is 1.23. The Morgan fingerprint density at radius 3 is 3.05 bits per heavy atom. The molecule has 3 rings (SSSR count). The molecular weight excluding hydrogens is 238 g/mol. The third-order valence-corrected chi connectivity index (χ3v) is 3.50. The van der Waals surface area contributed by atoms with Crippen LogP contribution in [0.15, 0.2) is 30.6 Å². The van der Waals surface area contributed by atoms with Gasteiger partial charge >= 0.3 is 0 Å². The second-order valence-corrected chi connectivity index (χ2v) is 4.63. The highest BCUT2D eigenvalue weighted by Crippen LogP contribution is 2.25. The molecule has 2 N–H and O–H groups in total. The first-order valence-corrected chi connectivity index (χ1v) is 6.30. The van der Waals surface area contributed by atoms with Crippen LogP contribution in [0.5, 0.6) is 0 Å². The lowest BCUT2D eigenvalue weighted by Crippen LogP contribution is -2.34. The van der Waals surface area contributed by atoms with Gasteiger partial charge in [-0.3, -0.25) is 0 Å². The average Bonchev–Trinajstić information content (AvgIpc) is 2.93. The van der Waals surface area contributed by atoms with Crippen molar-refractivity contribution in [3.05, 3.63) is 47.5 Å². The van der Waals surface area contributed by atoms with Crippen molar-refractivity contribution in [1.29, 1.82) is 5.26 Å². The fraction of sp³-hybridized carbons (Fsp3) is 0.286. The molecule has 19 heavy (non-hydrogen) atoms. The number of imidazole rings is 1. The van der Waals surface area contributed by atoms with E-state index in [4.69, 9.17) is 5.73 Å². The molecule has 96 valence electrons. The molecule has 5 heteroatoms. The van der Waals surface area contributed by atoms with Gasteiger partial charge in [0.15, 0.2) is 0 Å². The zero-order valence-corrected chi connectivity index (χ0v) is 10.6. The zero-order chi connectivity index (χ0) is 13.2. The number of nitriles is 1. The molecule has 1 aliphatic rings. The first kappa shape index (κ1) is 11.8. The molecule has 1 aliphatic heterocycles. The number of hydrogen-bond donors (Lipinski definition) is 1. The molecule has 0 saturated carbocycles. The van der Waals surface area contributed by atoms with E-state index in [0.717, 1.165) is 36.7 Å². The van der Waals surface area contributed by atoms with E-state index in [1.54, 1.807) is 0 Å². The van der Waals surface area contributed by atoms with Gasteiger partial charge in [0.2, 0.25) is 0 Å². The SMILES string of the molecule is N#Cc1cc(CN)ccc1N1CCn2ccnc2C1. The van der Waals surface area contributed by atoms with Crippen molar-refractivity contribution in [2.24, 2.45) is 5.73 Å². The van der Waals surface area contributed by atoms with Crippen LogP contribution in [0, 0.1) is 11.3 Å². The monoisotopic (exact) mass is 253 g/mol. The summed E-state index contributed by atoms with van der Waals surface area (Å²) < 4.78 is 2.15. The Hall–Kier alpha value is -2.32. The van der Waals surface area contributed by atoms with Crippen molar-refractivity contribution >= 4 is 5.69 Å². The van der Waals surface area contributed by atoms with E-state index in [9.17, 15) is 5.26 Å². The fourth-order valence-electron chi connectivity index (χ4n) is 2.45. The van der Waals surface area contributed by atoms with Crippen LogP contribution >= 0.6 is 0 Å². The van der Waals surface area contributed by atoms with Gasteiger partial charge in [0.05, 0.1) is 17.8 Å². The summed E-state index contributed by atoms with van der Waals surface area (Å²) in [6, 6.07) is 8.10. The van der Waals surface area contributed by atoms with E-state index < -0.39 is 0 Å². The van der Waals surface area contributed by atoms with E-state index in [2.05, 4.69) is 20.5 Å². The lowest BCUT2D eigenvalue weighted by molar-refractivity contribution is 0.560. The van der Waals surface area contributed by atoms with Gasteiger partial charge in [0.1, 0.15) is 11.9 Å². The van der Waals surface area contributed by atoms with Gasteiger partial charge in [0.25, 0.3) is 0 Å². The molecular formula is C14H15N5. The van der Waals surface area contributed by atoms with Crippen LogP contribution in [0.1, 0.15) is 17.0 Å². The van der Waals surface area contributed by atoms with Crippen LogP contribution in [0.2, 0.25) is 0 Å². The molecule has 1 aromatic heterocycles. The highest BCUT2D eigenvalue weighted by atomic mass is 15.2. The molecule has 5 nitrogen and oxygen atoms in total. The molecule has 0 radical (unpaired) electrons. The summed E-state index contributed by atoms with van der Waals surface area (Å²) in [4.78, 5) is 6.54. The van der Waals surface area contributed by atoms with Gasteiger partial charge < -0.3 is 15.2 Å². The maximum absolute atomic E-state index is 9.29. The van der Waals surface area contributed by atoms with Gasteiger partial charge in [-0.1, -0.05) is 6.07 Å². The smallest absolute Gasteiger partial charge is 0.128 e. The van der Waals surface area contributed by atoms with Crippen molar-refractivity contribution in [1.82, 2.24) is 9.55 Å². The summed E-state index contributed by atoms with van der Waals surface area (Å²) in [5.74, 6) is 1.04. The predicted molar refractivity (Wildman–Crippen MR) is 72.3 cm³/mol. The molecule has 0 saturated heterocycles. The van der Waals surface area contributed by atoms with E-state index in [-0.39, 0.29) is 0 Å². The normalized spacial score (nSPS) is 14.0. The zero-order valence-electron chi connectivity index (χ0n) is 10.6. The summed E-state index contributed by atoms with van der Waals surface area (Å²) >= 11 is 0. The third-order valence-electron chi connectivity index (χ3n) is 3.50. The van der Waals surface area contributed by atoms with Crippen LogP contribution in [-0.2, 0) is 19.6 Å². The number of nitrogens with zero attached hydrogens (tertiary/aromatic N) is 4. The van der Waals surface area contributed by atoms with E-state index in [1.807, 2.05) is 30.6 Å². The minimum Gasteiger partial charge on any atom is -0.361 e. The van der Waals surface area contributed by atoms with Crippen molar-refractivity contribution in [3.8, 4) is 6.07 Å². The molecule has 0 fully saturated rings. The van der Waals surface area contributed by atoms with Crippen LogP contribution in [0.4, 0.5) is 5.69 Å². The highest BCUT2D eigenvalue weighted by molar-refractivity contribution is 5.60. The fourth-order valence-corrected chi connectivity index (χ4v) is 2.45. The Morgan fingerprint density at radius 1 is 1.37 bits per heavy atom. The van der Waals surface area contributed by atoms with Crippen LogP contribution in [-0.4, -0.2) is 16.1 Å². The molecule has 0 spiro atoms. The van der Waals surface area contributed by atoms with Crippen LogP contribution < -0.4 is 10.6 Å². The van der Waals surface area contributed by atoms with Crippen molar-refractivity contribution in [3.63, 3.8) is 0 Å². The quantitative estimate of drug-likeness (QED) is 0.874. The number of anilines is 1. The number of aromatic nitrogens is 2. The van der Waals surface area contributed by atoms with Crippen molar-refractivity contribution in [2.45, 2.75) is 19.6 Å². The third kappa shape index (κ3) is 2.07. The summed E-state index contributed by atoms with van der Waals surface area (Å²) in [6.45, 7) is 2.99. The Morgan fingerprint density at radius 2 is 2.26 bits per heavy atom. The molecule has 0 amide bonds. The summed E-state index contributed by atoms with van der Waals surface area (Å²) in [5, 5.41) is 9.29. The Kier molecular flexibility index (Phi) is 2.94. The number of benzene rings is 1. The van der Waals surface area contributed by atoms with Crippen molar-refractivity contribution < 1.29 is 0 Å². The average molecular weight is 253 g/mol. The summed E-state index contributed by atoms with van der Waals surface area (Å²) in [6.07, 6.45) is 3.82. The van der Waals surface area contributed by atoms with E-state index in [0.29, 0.717) is 12.1 Å². The van der Waals surface area contributed by atoms with Crippen LogP contribution in [0.3, 0.4) is 0 Å². The van der Waals surface area contributed by atoms with Gasteiger partial charge in [-0.15, -0.1) is 0 Å². The molecule has 0 aliphatic carbocycles. The van der Waals surface area contributed by atoms with E-state index in [1.165, 1.54) is 0 Å². The molecule has 0 atom stereocenters. The lowest BCUT2D eigenvalue weighted by Gasteiger charge is -2.30. The minimum absolute atomic E-state index is 0.458. The summed E-state index contributed by atoms with van der Waals surface area (Å²) in [7, 11) is 0.